The number of unbranched alkanes of at least 4 members (excludes halogenated alkanes) is 16. The molecule has 0 bridgehead atoms. The Kier molecular flexibility index (Phi) is 65.4. The lowest BCUT2D eigenvalue weighted by Gasteiger charge is -2.31. The van der Waals surface area contributed by atoms with Crippen LogP contribution >= 0.6 is 21.6 Å². The van der Waals surface area contributed by atoms with E-state index in [2.05, 4.69) is 55.4 Å². The average Bonchev–Trinajstić information content (AvgIpc) is 1.33. The summed E-state index contributed by atoms with van der Waals surface area (Å²) in [6, 6.07) is -1.93. The lowest BCUT2D eigenvalue weighted by atomic mass is 10.0. The summed E-state index contributed by atoms with van der Waals surface area (Å²) in [6.07, 6.45) is 25.0. The molecule has 2 atom stereocenters. The van der Waals surface area contributed by atoms with Crippen molar-refractivity contribution in [3.05, 3.63) is 0 Å². The van der Waals surface area contributed by atoms with Gasteiger partial charge in [-0.3, -0.25) is 38.6 Å². The third kappa shape index (κ3) is 61.5. The molecule has 0 aromatic carbocycles. The summed E-state index contributed by atoms with van der Waals surface area (Å²) in [5, 5.41) is 0. The second kappa shape index (κ2) is 67.4. The third-order valence-electron chi connectivity index (χ3n) is 15.7. The molecule has 94 heavy (non-hydrogen) atoms. The molecule has 0 radical (unpaired) electrons. The number of esters is 6. The summed E-state index contributed by atoms with van der Waals surface area (Å²) in [5.74, 6) is 0.114. The first kappa shape index (κ1) is 91.2. The van der Waals surface area contributed by atoms with E-state index in [4.69, 9.17) is 56.8 Å². The van der Waals surface area contributed by atoms with Crippen LogP contribution in [0, 0.1) is 23.7 Å². The number of nitrogens with zero attached hydrogens (tertiary/aromatic N) is 2. The minimum atomic E-state index is -0.964. The van der Waals surface area contributed by atoms with Crippen molar-refractivity contribution in [3.8, 4) is 0 Å². The third-order valence-corrected chi connectivity index (χ3v) is 18.1. The first-order valence-electron chi connectivity index (χ1n) is 36.5. The molecule has 0 aliphatic carbocycles. The van der Waals surface area contributed by atoms with Gasteiger partial charge in [0.2, 0.25) is 0 Å². The zero-order chi connectivity index (χ0) is 69.3. The van der Waals surface area contributed by atoms with E-state index in [1.54, 1.807) is 24.0 Å². The normalized spacial score (nSPS) is 12.4. The van der Waals surface area contributed by atoms with Gasteiger partial charge in [0, 0.05) is 51.9 Å². The second-order valence-corrected chi connectivity index (χ2v) is 28.7. The van der Waals surface area contributed by atoms with Gasteiger partial charge in [0.15, 0.2) is 0 Å². The van der Waals surface area contributed by atoms with Crippen LogP contribution in [0.2, 0.25) is 0 Å². The molecule has 554 valence electrons. The van der Waals surface area contributed by atoms with Crippen LogP contribution in [0.4, 0.5) is 0 Å². The highest BCUT2D eigenvalue weighted by Gasteiger charge is 2.32. The van der Waals surface area contributed by atoms with Crippen molar-refractivity contribution >= 4 is 57.4 Å². The molecule has 0 rings (SSSR count). The van der Waals surface area contributed by atoms with E-state index >= 15 is 0 Å². The van der Waals surface area contributed by atoms with Crippen LogP contribution in [0.25, 0.3) is 0 Å². The number of hydrogen-bond acceptors (Lipinski definition) is 22. The zero-order valence-corrected chi connectivity index (χ0v) is 62.5. The van der Waals surface area contributed by atoms with Crippen molar-refractivity contribution in [1.82, 2.24) is 9.80 Å². The van der Waals surface area contributed by atoms with Gasteiger partial charge >= 0.3 is 35.8 Å². The number of hydrogen-bond donors (Lipinski definition) is 0. The van der Waals surface area contributed by atoms with Gasteiger partial charge in [0.05, 0.1) is 118 Å². The number of carbonyl (C=O) groups excluding carboxylic acids is 6. The molecule has 0 amide bonds. The maximum Gasteiger partial charge on any atom is 0.324 e. The first-order chi connectivity index (χ1) is 45.5. The fourth-order valence-corrected chi connectivity index (χ4v) is 12.4. The van der Waals surface area contributed by atoms with Crippen molar-refractivity contribution in [2.45, 2.75) is 247 Å². The quantitative estimate of drug-likeness (QED) is 0.0239. The summed E-state index contributed by atoms with van der Waals surface area (Å²) < 4.78 is 67.1. The number of carbonyl (C=O) groups is 6. The van der Waals surface area contributed by atoms with Crippen LogP contribution in [0.15, 0.2) is 0 Å². The lowest BCUT2D eigenvalue weighted by molar-refractivity contribution is -0.153. The minimum Gasteiger partial charge on any atom is -0.466 e. The molecule has 0 saturated heterocycles. The van der Waals surface area contributed by atoms with E-state index in [-0.39, 0.29) is 103 Å². The van der Waals surface area contributed by atoms with Crippen molar-refractivity contribution in [3.63, 3.8) is 0 Å². The molecule has 0 heterocycles. The van der Waals surface area contributed by atoms with E-state index in [0.29, 0.717) is 89.7 Å². The maximum atomic E-state index is 14.4. The molecule has 0 unspecified atom stereocenters. The predicted octanol–water partition coefficient (Wildman–Crippen LogP) is 13.9. The van der Waals surface area contributed by atoms with E-state index < -0.39 is 47.9 Å². The van der Waals surface area contributed by atoms with Crippen LogP contribution in [0.5, 0.6) is 0 Å². The molecule has 20 nitrogen and oxygen atoms in total. The molecule has 22 heteroatoms. The van der Waals surface area contributed by atoms with Crippen LogP contribution in [-0.4, -0.2) is 215 Å². The molecule has 0 fully saturated rings. The van der Waals surface area contributed by atoms with Crippen LogP contribution < -0.4 is 0 Å². The molecule has 0 spiro atoms. The predicted molar refractivity (Wildman–Crippen MR) is 377 cm³/mol. The summed E-state index contributed by atoms with van der Waals surface area (Å²) in [7, 11) is 5.82. The van der Waals surface area contributed by atoms with Crippen molar-refractivity contribution in [2.24, 2.45) is 23.7 Å². The molecule has 0 aliphatic rings. The van der Waals surface area contributed by atoms with Gasteiger partial charge in [-0.2, -0.15) is 0 Å². The van der Waals surface area contributed by atoms with Gasteiger partial charge in [0.1, 0.15) is 25.3 Å². The topological polar surface area (TPSA) is 220 Å². The molecule has 0 saturated carbocycles. The summed E-state index contributed by atoms with van der Waals surface area (Å²) in [4.78, 5) is 86.1. The maximum absolute atomic E-state index is 14.4. The Morgan fingerprint density at radius 1 is 0.277 bits per heavy atom. The van der Waals surface area contributed by atoms with Gasteiger partial charge in [-0.05, 0) is 49.4 Å². The zero-order valence-electron chi connectivity index (χ0n) is 60.9. The number of methoxy groups -OCH3 is 2. The van der Waals surface area contributed by atoms with Crippen LogP contribution in [0.3, 0.4) is 0 Å². The van der Waals surface area contributed by atoms with Gasteiger partial charge in [0.25, 0.3) is 0 Å². The van der Waals surface area contributed by atoms with Gasteiger partial charge < -0.3 is 56.8 Å². The Morgan fingerprint density at radius 2 is 0.500 bits per heavy atom. The van der Waals surface area contributed by atoms with Gasteiger partial charge in [-0.25, -0.2) is 0 Å². The highest BCUT2D eigenvalue weighted by Crippen LogP contribution is 2.28. The second-order valence-electron chi connectivity index (χ2n) is 26.1. The summed E-state index contributed by atoms with van der Waals surface area (Å²) in [6.45, 7) is 22.4. The SMILES string of the molecule is COCCOCCOCCOC(=O)[C@H](CSSC[C@@H](C(=O)OCCOCCOCCOC)N(CCC(=O)OCCCCCCCC(C)C)CCC(=O)OCCCCCCCC(C)C)N(CCC(=O)OCCCCCCCC(C)C)CCC(=O)OCCCCCCCC(C)C. The molecular formula is C72H136N2O18S2. The molecular weight excluding hydrogens is 1240 g/mol. The summed E-state index contributed by atoms with van der Waals surface area (Å²) >= 11 is 0. The number of rotatable bonds is 71. The van der Waals surface area contributed by atoms with E-state index in [0.717, 1.165) is 103 Å². The van der Waals surface area contributed by atoms with E-state index in [9.17, 15) is 28.8 Å². The Balaban J connectivity index is 6.82. The highest BCUT2D eigenvalue weighted by atomic mass is 33.1. The minimum absolute atomic E-state index is 0.0385. The number of ether oxygens (including phenoxy) is 12. The van der Waals surface area contributed by atoms with E-state index in [1.165, 1.54) is 73.0 Å². The van der Waals surface area contributed by atoms with E-state index in [1.807, 2.05) is 0 Å². The fraction of sp³-hybridized carbons (Fsp3) is 0.917. The molecule has 0 aliphatic heterocycles. The van der Waals surface area contributed by atoms with Crippen molar-refractivity contribution in [1.29, 1.82) is 0 Å². The van der Waals surface area contributed by atoms with Gasteiger partial charge in [-0.1, -0.05) is 205 Å². The molecule has 0 aromatic rings. The Labute approximate surface area is 578 Å². The van der Waals surface area contributed by atoms with Gasteiger partial charge in [-0.15, -0.1) is 0 Å². The van der Waals surface area contributed by atoms with Crippen molar-refractivity contribution < 1.29 is 85.6 Å². The Hall–Kier alpha value is -2.80. The molecule has 0 N–H and O–H groups in total. The first-order valence-corrected chi connectivity index (χ1v) is 39.0. The lowest BCUT2D eigenvalue weighted by Crippen LogP contribution is -2.47. The largest absolute Gasteiger partial charge is 0.466 e. The molecule has 0 aromatic heterocycles. The smallest absolute Gasteiger partial charge is 0.324 e. The highest BCUT2D eigenvalue weighted by molar-refractivity contribution is 8.76. The average molecular weight is 1380 g/mol. The van der Waals surface area contributed by atoms with Crippen molar-refractivity contribution in [2.75, 3.05) is 158 Å². The monoisotopic (exact) mass is 1380 g/mol. The van der Waals surface area contributed by atoms with Crippen LogP contribution in [0.1, 0.15) is 235 Å². The Bertz CT molecular complexity index is 1580. The van der Waals surface area contributed by atoms with Crippen LogP contribution in [-0.2, 0) is 85.6 Å². The summed E-state index contributed by atoms with van der Waals surface area (Å²) in [5.41, 5.74) is 0. The fourth-order valence-electron chi connectivity index (χ4n) is 9.95. The Morgan fingerprint density at radius 3 is 0.745 bits per heavy atom. The standard InChI is InChI=1S/C72H136N2O18S2/c1-61(2)31-23-15-11-19-27-43-87-67(75)35-39-73(40-36-68(76)88-44-28-20-12-16-24-32-62(3)4)65(71(79)91-57-55-85-53-51-83-49-47-81-9)59-93-94-60-66(72(80)92-58-56-86-54-52-84-50-48-82-10)74(41-37-69(77)89-45-29-21-13-17-25-33-63(5)6)42-38-70(78)90-46-30-22-14-18-26-34-64(7)8/h61-66H,11-60H2,1-10H3/t65-,66-/m0/s1.